The van der Waals surface area contributed by atoms with Crippen LogP contribution < -0.4 is 0 Å². The van der Waals surface area contributed by atoms with Crippen molar-refractivity contribution in [3.05, 3.63) is 51.3 Å². The highest BCUT2D eigenvalue weighted by Gasteiger charge is 2.21. The van der Waals surface area contributed by atoms with Gasteiger partial charge in [-0.1, -0.05) is 35.3 Å². The Balaban J connectivity index is 2.43. The molecular formula is C14H14Cl2N2O2. The Morgan fingerprint density at radius 1 is 1.40 bits per heavy atom. The standard InChI is InChI=1S/C14H14Cl2N2O2/c1-9-4-3-5-10(12(9)16)14(19)13-11(15)8-17-18(13)6-7-20-2/h3-5,8H,6-7H2,1-2H3. The second kappa shape index (κ2) is 6.39. The van der Waals surface area contributed by atoms with Gasteiger partial charge in [0.05, 0.1) is 29.4 Å². The van der Waals surface area contributed by atoms with Gasteiger partial charge < -0.3 is 4.74 Å². The van der Waals surface area contributed by atoms with E-state index in [1.807, 2.05) is 13.0 Å². The Labute approximate surface area is 127 Å². The fraction of sp³-hybridized carbons (Fsp3) is 0.286. The number of carbonyl (C=O) groups excluding carboxylic acids is 1. The summed E-state index contributed by atoms with van der Waals surface area (Å²) < 4.78 is 6.53. The van der Waals surface area contributed by atoms with Gasteiger partial charge in [-0.2, -0.15) is 5.10 Å². The third kappa shape index (κ3) is 2.87. The number of ether oxygens (including phenoxy) is 1. The molecule has 0 unspecified atom stereocenters. The van der Waals surface area contributed by atoms with Crippen LogP contribution in [0.3, 0.4) is 0 Å². The molecule has 0 aliphatic rings. The molecule has 0 radical (unpaired) electrons. The van der Waals surface area contributed by atoms with E-state index in [1.165, 1.54) is 10.9 Å². The summed E-state index contributed by atoms with van der Waals surface area (Å²) in [5.74, 6) is -0.239. The number of nitrogens with zero attached hydrogens (tertiary/aromatic N) is 2. The highest BCUT2D eigenvalue weighted by molar-refractivity contribution is 6.38. The summed E-state index contributed by atoms with van der Waals surface area (Å²) in [6, 6.07) is 5.32. The lowest BCUT2D eigenvalue weighted by molar-refractivity contribution is 0.102. The number of carbonyl (C=O) groups is 1. The largest absolute Gasteiger partial charge is 0.383 e. The van der Waals surface area contributed by atoms with Crippen LogP contribution >= 0.6 is 23.2 Å². The molecule has 0 amide bonds. The molecule has 0 aliphatic carbocycles. The SMILES string of the molecule is COCCn1ncc(Cl)c1C(=O)c1cccc(C)c1Cl. The molecule has 0 N–H and O–H groups in total. The van der Waals surface area contributed by atoms with Gasteiger partial charge in [-0.05, 0) is 18.6 Å². The number of benzene rings is 1. The van der Waals surface area contributed by atoms with Gasteiger partial charge in [-0.3, -0.25) is 9.48 Å². The number of rotatable bonds is 5. The van der Waals surface area contributed by atoms with E-state index in [0.717, 1.165) is 5.56 Å². The summed E-state index contributed by atoms with van der Waals surface area (Å²) in [7, 11) is 1.59. The summed E-state index contributed by atoms with van der Waals surface area (Å²) >= 11 is 12.3. The number of hydrogen-bond donors (Lipinski definition) is 0. The number of aryl methyl sites for hydroxylation is 1. The first kappa shape index (κ1) is 15.0. The van der Waals surface area contributed by atoms with Gasteiger partial charge in [0.1, 0.15) is 5.69 Å². The molecule has 0 atom stereocenters. The topological polar surface area (TPSA) is 44.1 Å². The maximum absolute atomic E-state index is 12.6. The Morgan fingerprint density at radius 2 is 2.15 bits per heavy atom. The number of ketones is 1. The Hall–Kier alpha value is -1.36. The van der Waals surface area contributed by atoms with Crippen LogP contribution in [-0.4, -0.2) is 29.3 Å². The quantitative estimate of drug-likeness (QED) is 0.795. The lowest BCUT2D eigenvalue weighted by Crippen LogP contribution is -2.15. The van der Waals surface area contributed by atoms with Crippen molar-refractivity contribution in [1.29, 1.82) is 0 Å². The van der Waals surface area contributed by atoms with Crippen LogP contribution in [0.15, 0.2) is 24.4 Å². The molecule has 1 aromatic heterocycles. The van der Waals surface area contributed by atoms with Crippen molar-refractivity contribution in [2.45, 2.75) is 13.5 Å². The zero-order valence-electron chi connectivity index (χ0n) is 11.2. The van der Waals surface area contributed by atoms with Crippen molar-refractivity contribution in [3.63, 3.8) is 0 Å². The van der Waals surface area contributed by atoms with Crippen LogP contribution in [-0.2, 0) is 11.3 Å². The van der Waals surface area contributed by atoms with Crippen LogP contribution in [0.4, 0.5) is 0 Å². The van der Waals surface area contributed by atoms with Gasteiger partial charge in [0.15, 0.2) is 0 Å². The fourth-order valence-corrected chi connectivity index (χ4v) is 2.32. The van der Waals surface area contributed by atoms with E-state index in [4.69, 9.17) is 27.9 Å². The molecule has 2 aromatic rings. The third-order valence-corrected chi connectivity index (χ3v) is 3.73. The highest BCUT2D eigenvalue weighted by Crippen LogP contribution is 2.26. The van der Waals surface area contributed by atoms with Gasteiger partial charge in [0.25, 0.3) is 0 Å². The average Bonchev–Trinajstić information content (AvgIpc) is 2.80. The Kier molecular flexibility index (Phi) is 4.81. The van der Waals surface area contributed by atoms with Crippen molar-refractivity contribution >= 4 is 29.0 Å². The first-order valence-electron chi connectivity index (χ1n) is 6.06. The minimum absolute atomic E-state index is 0.239. The Morgan fingerprint density at radius 3 is 2.85 bits per heavy atom. The first-order chi connectivity index (χ1) is 9.56. The maximum Gasteiger partial charge on any atom is 0.214 e. The minimum atomic E-state index is -0.239. The van der Waals surface area contributed by atoms with Gasteiger partial charge in [0.2, 0.25) is 5.78 Å². The van der Waals surface area contributed by atoms with E-state index in [-0.39, 0.29) is 5.78 Å². The van der Waals surface area contributed by atoms with E-state index < -0.39 is 0 Å². The summed E-state index contributed by atoms with van der Waals surface area (Å²) in [5, 5.41) is 4.84. The molecule has 0 saturated heterocycles. The first-order valence-corrected chi connectivity index (χ1v) is 6.82. The molecule has 6 heteroatoms. The zero-order chi connectivity index (χ0) is 14.7. The summed E-state index contributed by atoms with van der Waals surface area (Å²) in [4.78, 5) is 12.6. The van der Waals surface area contributed by atoms with E-state index in [1.54, 1.807) is 19.2 Å². The van der Waals surface area contributed by atoms with Crippen LogP contribution in [0.2, 0.25) is 10.0 Å². The van der Waals surface area contributed by atoms with Crippen LogP contribution in [0.25, 0.3) is 0 Å². The van der Waals surface area contributed by atoms with E-state index in [0.29, 0.717) is 34.5 Å². The lowest BCUT2D eigenvalue weighted by Gasteiger charge is -2.09. The molecule has 1 aromatic carbocycles. The van der Waals surface area contributed by atoms with Gasteiger partial charge >= 0.3 is 0 Å². The van der Waals surface area contributed by atoms with Crippen LogP contribution in [0.1, 0.15) is 21.6 Å². The molecule has 106 valence electrons. The second-order valence-corrected chi connectivity index (χ2v) is 5.11. The van der Waals surface area contributed by atoms with E-state index in [9.17, 15) is 4.79 Å². The van der Waals surface area contributed by atoms with Crippen molar-refractivity contribution in [1.82, 2.24) is 9.78 Å². The van der Waals surface area contributed by atoms with Crippen molar-refractivity contribution < 1.29 is 9.53 Å². The van der Waals surface area contributed by atoms with E-state index >= 15 is 0 Å². The highest BCUT2D eigenvalue weighted by atomic mass is 35.5. The molecular weight excluding hydrogens is 299 g/mol. The molecule has 2 rings (SSSR count). The molecule has 1 heterocycles. The molecule has 0 aliphatic heterocycles. The van der Waals surface area contributed by atoms with Crippen molar-refractivity contribution in [2.24, 2.45) is 0 Å². The predicted molar refractivity (Wildman–Crippen MR) is 78.7 cm³/mol. The van der Waals surface area contributed by atoms with Gasteiger partial charge in [-0.25, -0.2) is 0 Å². The number of hydrogen-bond acceptors (Lipinski definition) is 3. The number of aromatic nitrogens is 2. The summed E-state index contributed by atoms with van der Waals surface area (Å²) in [5.41, 5.74) is 1.60. The minimum Gasteiger partial charge on any atom is -0.383 e. The summed E-state index contributed by atoms with van der Waals surface area (Å²) in [6.07, 6.45) is 1.45. The molecule has 0 bridgehead atoms. The van der Waals surface area contributed by atoms with Crippen molar-refractivity contribution in [3.8, 4) is 0 Å². The molecule has 0 fully saturated rings. The van der Waals surface area contributed by atoms with Crippen LogP contribution in [0, 0.1) is 6.92 Å². The van der Waals surface area contributed by atoms with Crippen LogP contribution in [0.5, 0.6) is 0 Å². The smallest absolute Gasteiger partial charge is 0.214 e. The Bertz CT molecular complexity index is 638. The average molecular weight is 313 g/mol. The monoisotopic (exact) mass is 312 g/mol. The summed E-state index contributed by atoms with van der Waals surface area (Å²) in [6.45, 7) is 2.75. The molecule has 20 heavy (non-hydrogen) atoms. The number of halogens is 2. The molecule has 0 spiro atoms. The second-order valence-electron chi connectivity index (χ2n) is 4.32. The maximum atomic E-state index is 12.6. The lowest BCUT2D eigenvalue weighted by atomic mass is 10.1. The van der Waals surface area contributed by atoms with Gasteiger partial charge in [0, 0.05) is 12.7 Å². The van der Waals surface area contributed by atoms with Gasteiger partial charge in [-0.15, -0.1) is 0 Å². The normalized spacial score (nSPS) is 10.8. The third-order valence-electron chi connectivity index (χ3n) is 2.95. The van der Waals surface area contributed by atoms with Crippen molar-refractivity contribution in [2.75, 3.05) is 13.7 Å². The molecule has 4 nitrogen and oxygen atoms in total. The fourth-order valence-electron chi connectivity index (χ4n) is 1.89. The number of methoxy groups -OCH3 is 1. The van der Waals surface area contributed by atoms with E-state index in [2.05, 4.69) is 5.10 Å². The zero-order valence-corrected chi connectivity index (χ0v) is 12.7. The predicted octanol–water partition coefficient (Wildman–Crippen LogP) is 3.38. The molecule has 0 saturated carbocycles.